The highest BCUT2D eigenvalue weighted by Crippen LogP contribution is 2.34. The fourth-order valence-electron chi connectivity index (χ4n) is 2.58. The van der Waals surface area contributed by atoms with Crippen molar-refractivity contribution in [3.63, 3.8) is 0 Å². The number of piperidine rings is 1. The molecule has 0 aromatic heterocycles. The maximum Gasteiger partial charge on any atom is 0.337 e. The number of rotatable bonds is 2. The van der Waals surface area contributed by atoms with Gasteiger partial charge in [-0.15, -0.1) is 0 Å². The van der Waals surface area contributed by atoms with E-state index in [9.17, 15) is 9.90 Å². The van der Waals surface area contributed by atoms with Gasteiger partial charge in [-0.1, -0.05) is 25.4 Å². The first-order valence-corrected chi connectivity index (χ1v) is 6.55. The molecule has 2 rings (SSSR count). The van der Waals surface area contributed by atoms with Crippen LogP contribution in [0.3, 0.4) is 0 Å². The molecule has 0 saturated carbocycles. The van der Waals surface area contributed by atoms with Crippen LogP contribution in [0.25, 0.3) is 0 Å². The number of nitrogens with zero attached hydrogens (tertiary/aromatic N) is 1. The fourth-order valence-corrected chi connectivity index (χ4v) is 2.74. The third kappa shape index (κ3) is 2.78. The minimum absolute atomic E-state index is 0.219. The Kier molecular flexibility index (Phi) is 3.53. The quantitative estimate of drug-likeness (QED) is 0.889. The molecule has 1 aromatic rings. The average Bonchev–Trinajstić information content (AvgIpc) is 2.27. The lowest BCUT2D eigenvalue weighted by atomic mass is 9.84. The molecular weight excluding hydrogens is 250 g/mol. The van der Waals surface area contributed by atoms with Crippen molar-refractivity contribution in [1.82, 2.24) is 0 Å². The lowest BCUT2D eigenvalue weighted by molar-refractivity contribution is 0.0697. The summed E-state index contributed by atoms with van der Waals surface area (Å²) in [4.78, 5) is 13.4. The van der Waals surface area contributed by atoms with Crippen LogP contribution in [-0.4, -0.2) is 24.2 Å². The smallest absolute Gasteiger partial charge is 0.337 e. The van der Waals surface area contributed by atoms with Gasteiger partial charge in [-0.3, -0.25) is 0 Å². The number of carbonyl (C=O) groups is 1. The first kappa shape index (κ1) is 13.2. The number of carboxylic acid groups (broad SMARTS) is 1. The molecule has 1 saturated heterocycles. The number of anilines is 1. The van der Waals surface area contributed by atoms with E-state index in [0.717, 1.165) is 25.2 Å². The summed E-state index contributed by atoms with van der Waals surface area (Å²) in [6, 6.07) is 4.97. The van der Waals surface area contributed by atoms with E-state index in [1.165, 1.54) is 6.42 Å². The predicted molar refractivity (Wildman–Crippen MR) is 73.6 cm³/mol. The van der Waals surface area contributed by atoms with Gasteiger partial charge in [-0.2, -0.15) is 0 Å². The largest absolute Gasteiger partial charge is 0.478 e. The van der Waals surface area contributed by atoms with E-state index >= 15 is 0 Å². The van der Waals surface area contributed by atoms with Crippen LogP contribution in [0.2, 0.25) is 5.02 Å². The fraction of sp³-hybridized carbons (Fsp3) is 0.500. The topological polar surface area (TPSA) is 40.5 Å². The number of halogens is 1. The summed E-state index contributed by atoms with van der Waals surface area (Å²) in [5, 5.41) is 9.83. The van der Waals surface area contributed by atoms with E-state index in [4.69, 9.17) is 11.6 Å². The second kappa shape index (κ2) is 4.81. The molecule has 0 bridgehead atoms. The molecule has 98 valence electrons. The molecule has 18 heavy (non-hydrogen) atoms. The van der Waals surface area contributed by atoms with Crippen molar-refractivity contribution < 1.29 is 9.90 Å². The maximum absolute atomic E-state index is 11.3. The van der Waals surface area contributed by atoms with E-state index in [2.05, 4.69) is 18.7 Å². The van der Waals surface area contributed by atoms with Crippen molar-refractivity contribution in [2.75, 3.05) is 18.0 Å². The van der Waals surface area contributed by atoms with E-state index in [1.807, 2.05) is 0 Å². The summed E-state index contributed by atoms with van der Waals surface area (Å²) in [6.07, 6.45) is 2.26. The van der Waals surface area contributed by atoms with Gasteiger partial charge in [-0.25, -0.2) is 4.79 Å². The predicted octanol–water partition coefficient (Wildman–Crippen LogP) is 3.66. The third-order valence-electron chi connectivity index (χ3n) is 3.43. The minimum Gasteiger partial charge on any atom is -0.478 e. The summed E-state index contributed by atoms with van der Waals surface area (Å²) >= 11 is 5.99. The Bertz CT molecular complexity index is 471. The number of hydrogen-bond acceptors (Lipinski definition) is 2. The maximum atomic E-state index is 11.3. The summed E-state index contributed by atoms with van der Waals surface area (Å²) in [5.41, 5.74) is 1.29. The molecular formula is C14H18ClNO2. The van der Waals surface area contributed by atoms with Crippen LogP contribution in [0.5, 0.6) is 0 Å². The van der Waals surface area contributed by atoms with Gasteiger partial charge in [0.25, 0.3) is 0 Å². The van der Waals surface area contributed by atoms with Crippen LogP contribution in [0.15, 0.2) is 18.2 Å². The number of carboxylic acids is 1. The highest BCUT2D eigenvalue weighted by Gasteiger charge is 2.28. The van der Waals surface area contributed by atoms with Crippen molar-refractivity contribution in [2.24, 2.45) is 5.41 Å². The zero-order chi connectivity index (χ0) is 13.3. The zero-order valence-electron chi connectivity index (χ0n) is 10.7. The molecule has 1 fully saturated rings. The van der Waals surface area contributed by atoms with Gasteiger partial charge in [0.2, 0.25) is 0 Å². The molecule has 0 atom stereocenters. The highest BCUT2D eigenvalue weighted by molar-refractivity contribution is 6.31. The van der Waals surface area contributed by atoms with Crippen LogP contribution >= 0.6 is 11.6 Å². The molecule has 1 N–H and O–H groups in total. The standard InChI is InChI=1S/C14H18ClNO2/c1-14(2)6-3-7-16(9-14)12-8-10(15)4-5-11(12)13(17)18/h4-5,8H,3,6-7,9H2,1-2H3,(H,17,18). The Balaban J connectivity index is 2.37. The molecule has 0 aliphatic carbocycles. The molecule has 1 aliphatic heterocycles. The summed E-state index contributed by atoms with van der Waals surface area (Å²) in [5.74, 6) is -0.898. The highest BCUT2D eigenvalue weighted by atomic mass is 35.5. The number of hydrogen-bond donors (Lipinski definition) is 1. The second-order valence-electron chi connectivity index (χ2n) is 5.66. The van der Waals surface area contributed by atoms with Gasteiger partial charge >= 0.3 is 5.97 Å². The molecule has 0 unspecified atom stereocenters. The molecule has 1 aromatic carbocycles. The molecule has 4 heteroatoms. The van der Waals surface area contributed by atoms with E-state index in [-0.39, 0.29) is 5.41 Å². The van der Waals surface area contributed by atoms with Gasteiger partial charge in [0.15, 0.2) is 0 Å². The molecule has 1 aliphatic rings. The molecule has 0 spiro atoms. The first-order chi connectivity index (χ1) is 8.39. The van der Waals surface area contributed by atoms with Crippen molar-refractivity contribution in [1.29, 1.82) is 0 Å². The van der Waals surface area contributed by atoms with Crippen LogP contribution in [-0.2, 0) is 0 Å². The van der Waals surface area contributed by atoms with Crippen LogP contribution < -0.4 is 4.90 Å². The van der Waals surface area contributed by atoms with E-state index in [1.54, 1.807) is 18.2 Å². The second-order valence-corrected chi connectivity index (χ2v) is 6.09. The molecule has 0 radical (unpaired) electrons. The summed E-state index contributed by atoms with van der Waals surface area (Å²) < 4.78 is 0. The Morgan fingerprint density at radius 2 is 2.17 bits per heavy atom. The average molecular weight is 268 g/mol. The Hall–Kier alpha value is -1.22. The van der Waals surface area contributed by atoms with Crippen LogP contribution in [0.4, 0.5) is 5.69 Å². The SMILES string of the molecule is CC1(C)CCCN(c2cc(Cl)ccc2C(=O)O)C1. The third-order valence-corrected chi connectivity index (χ3v) is 3.67. The van der Waals surface area contributed by atoms with Gasteiger partial charge in [-0.05, 0) is 36.5 Å². The lowest BCUT2D eigenvalue weighted by Gasteiger charge is -2.40. The van der Waals surface area contributed by atoms with Gasteiger partial charge in [0.1, 0.15) is 0 Å². The number of aromatic carboxylic acids is 1. The molecule has 1 heterocycles. The lowest BCUT2D eigenvalue weighted by Crippen LogP contribution is -2.40. The Morgan fingerprint density at radius 3 is 2.78 bits per heavy atom. The van der Waals surface area contributed by atoms with Gasteiger partial charge < -0.3 is 10.0 Å². The monoisotopic (exact) mass is 267 g/mol. The van der Waals surface area contributed by atoms with Crippen molar-refractivity contribution >= 4 is 23.3 Å². The van der Waals surface area contributed by atoms with Crippen LogP contribution in [0, 0.1) is 5.41 Å². The van der Waals surface area contributed by atoms with E-state index in [0.29, 0.717) is 10.6 Å². The molecule has 3 nitrogen and oxygen atoms in total. The minimum atomic E-state index is -0.898. The Morgan fingerprint density at radius 1 is 1.44 bits per heavy atom. The van der Waals surface area contributed by atoms with Crippen molar-refractivity contribution in [2.45, 2.75) is 26.7 Å². The Labute approximate surface area is 112 Å². The van der Waals surface area contributed by atoms with Gasteiger partial charge in [0.05, 0.1) is 11.3 Å². The molecule has 0 amide bonds. The van der Waals surface area contributed by atoms with E-state index < -0.39 is 5.97 Å². The zero-order valence-corrected chi connectivity index (χ0v) is 11.5. The normalized spacial score (nSPS) is 18.7. The van der Waals surface area contributed by atoms with Gasteiger partial charge in [0, 0.05) is 18.1 Å². The van der Waals surface area contributed by atoms with Crippen molar-refractivity contribution in [3.05, 3.63) is 28.8 Å². The first-order valence-electron chi connectivity index (χ1n) is 6.17. The van der Waals surface area contributed by atoms with Crippen LogP contribution in [0.1, 0.15) is 37.0 Å². The van der Waals surface area contributed by atoms with Crippen molar-refractivity contribution in [3.8, 4) is 0 Å². The summed E-state index contributed by atoms with van der Waals surface area (Å²) in [6.45, 7) is 6.19. The number of benzene rings is 1. The summed E-state index contributed by atoms with van der Waals surface area (Å²) in [7, 11) is 0.